The van der Waals surface area contributed by atoms with Crippen LogP contribution in [0, 0.1) is 5.92 Å². The quantitative estimate of drug-likeness (QED) is 0.645. The van der Waals surface area contributed by atoms with Crippen molar-refractivity contribution >= 4 is 27.7 Å². The molecule has 0 nitrogen and oxygen atoms in total. The third kappa shape index (κ3) is 4.62. The zero-order valence-corrected chi connectivity index (χ0v) is 9.46. The van der Waals surface area contributed by atoms with Gasteiger partial charge in [0.05, 0.1) is 0 Å². The van der Waals surface area contributed by atoms with Gasteiger partial charge in [-0.3, -0.25) is 0 Å². The van der Waals surface area contributed by atoms with E-state index in [1.807, 2.05) is 11.8 Å². The van der Waals surface area contributed by atoms with Crippen LogP contribution < -0.4 is 0 Å². The van der Waals surface area contributed by atoms with Gasteiger partial charge in [-0.15, -0.1) is 0 Å². The molecular formula is C8H17BrS. The maximum atomic E-state index is 3.62. The van der Waals surface area contributed by atoms with Crippen molar-refractivity contribution in [3.05, 3.63) is 0 Å². The van der Waals surface area contributed by atoms with Crippen LogP contribution in [0.15, 0.2) is 0 Å². The highest BCUT2D eigenvalue weighted by atomic mass is 79.9. The van der Waals surface area contributed by atoms with Gasteiger partial charge in [0.15, 0.2) is 0 Å². The minimum Gasteiger partial charge on any atom is -0.165 e. The van der Waals surface area contributed by atoms with Gasteiger partial charge in [0.2, 0.25) is 0 Å². The fraction of sp³-hybridized carbons (Fsp3) is 1.00. The molecule has 0 radical (unpaired) electrons. The van der Waals surface area contributed by atoms with E-state index in [9.17, 15) is 0 Å². The Labute approximate surface area is 77.3 Å². The third-order valence-electron chi connectivity index (χ3n) is 1.87. The molecule has 0 spiro atoms. The molecule has 0 amide bonds. The molecule has 0 aromatic heterocycles. The van der Waals surface area contributed by atoms with Gasteiger partial charge in [0, 0.05) is 4.83 Å². The maximum absolute atomic E-state index is 3.62. The molecule has 0 saturated heterocycles. The van der Waals surface area contributed by atoms with Crippen LogP contribution in [-0.4, -0.2) is 16.8 Å². The fourth-order valence-electron chi connectivity index (χ4n) is 1.03. The molecule has 0 rings (SSSR count). The third-order valence-corrected chi connectivity index (χ3v) is 3.26. The Hall–Kier alpha value is 0.830. The summed E-state index contributed by atoms with van der Waals surface area (Å²) in [7, 11) is 0. The van der Waals surface area contributed by atoms with Gasteiger partial charge in [-0.2, -0.15) is 11.8 Å². The minimum atomic E-state index is 0.685. The molecule has 2 unspecified atom stereocenters. The van der Waals surface area contributed by atoms with Crippen LogP contribution in [-0.2, 0) is 0 Å². The van der Waals surface area contributed by atoms with E-state index in [1.165, 1.54) is 18.6 Å². The van der Waals surface area contributed by atoms with Crippen LogP contribution in [0.2, 0.25) is 0 Å². The van der Waals surface area contributed by atoms with Crippen molar-refractivity contribution in [3.63, 3.8) is 0 Å². The molecule has 0 aromatic rings. The second-order valence-electron chi connectivity index (χ2n) is 2.63. The van der Waals surface area contributed by atoms with E-state index in [0.717, 1.165) is 5.92 Å². The minimum absolute atomic E-state index is 0.685. The lowest BCUT2D eigenvalue weighted by atomic mass is 10.0. The van der Waals surface area contributed by atoms with Crippen LogP contribution in [0.5, 0.6) is 0 Å². The van der Waals surface area contributed by atoms with E-state index in [-0.39, 0.29) is 0 Å². The number of halogens is 1. The Morgan fingerprint density at radius 2 is 2.10 bits per heavy atom. The van der Waals surface area contributed by atoms with Crippen LogP contribution in [0.4, 0.5) is 0 Å². The molecule has 0 fully saturated rings. The molecule has 0 N–H and O–H groups in total. The normalized spacial score (nSPS) is 16.8. The summed E-state index contributed by atoms with van der Waals surface area (Å²) in [6.45, 7) is 4.51. The summed E-state index contributed by atoms with van der Waals surface area (Å²) >= 11 is 5.56. The van der Waals surface area contributed by atoms with Gasteiger partial charge in [-0.05, 0) is 24.3 Å². The van der Waals surface area contributed by atoms with Crippen LogP contribution in [0.25, 0.3) is 0 Å². The van der Waals surface area contributed by atoms with Gasteiger partial charge in [0.1, 0.15) is 0 Å². The summed E-state index contributed by atoms with van der Waals surface area (Å²) < 4.78 is 0. The number of rotatable bonds is 5. The van der Waals surface area contributed by atoms with E-state index in [0.29, 0.717) is 4.83 Å². The molecule has 0 aliphatic carbocycles. The molecular weight excluding hydrogens is 208 g/mol. The maximum Gasteiger partial charge on any atom is 0.0146 e. The Morgan fingerprint density at radius 1 is 1.50 bits per heavy atom. The second-order valence-corrected chi connectivity index (χ2v) is 5.06. The Balaban J connectivity index is 3.40. The molecule has 2 heteroatoms. The topological polar surface area (TPSA) is 0 Å². The summed E-state index contributed by atoms with van der Waals surface area (Å²) in [4.78, 5) is 0.685. The van der Waals surface area contributed by atoms with Gasteiger partial charge in [-0.25, -0.2) is 0 Å². The van der Waals surface area contributed by atoms with Gasteiger partial charge in [0.25, 0.3) is 0 Å². The van der Waals surface area contributed by atoms with Crippen molar-refractivity contribution in [1.29, 1.82) is 0 Å². The van der Waals surface area contributed by atoms with Crippen molar-refractivity contribution in [1.82, 2.24) is 0 Å². The first-order valence-corrected chi connectivity index (χ1v) is 6.16. The molecule has 2 atom stereocenters. The average molecular weight is 225 g/mol. The first-order chi connectivity index (χ1) is 4.72. The van der Waals surface area contributed by atoms with Crippen molar-refractivity contribution < 1.29 is 0 Å². The Kier molecular flexibility index (Phi) is 7.08. The van der Waals surface area contributed by atoms with E-state index >= 15 is 0 Å². The van der Waals surface area contributed by atoms with Gasteiger partial charge < -0.3 is 0 Å². The lowest BCUT2D eigenvalue weighted by molar-refractivity contribution is 0.498. The molecule has 0 saturated carbocycles. The highest BCUT2D eigenvalue weighted by Crippen LogP contribution is 2.21. The molecule has 10 heavy (non-hydrogen) atoms. The number of alkyl halides is 1. The van der Waals surface area contributed by atoms with Crippen molar-refractivity contribution in [2.75, 3.05) is 12.0 Å². The number of thioether (sulfide) groups is 1. The van der Waals surface area contributed by atoms with Crippen LogP contribution >= 0.6 is 27.7 Å². The lowest BCUT2D eigenvalue weighted by Gasteiger charge is -2.16. The average Bonchev–Trinajstić information content (AvgIpc) is 1.89. The second kappa shape index (κ2) is 6.53. The number of hydrogen-bond donors (Lipinski definition) is 0. The van der Waals surface area contributed by atoms with Crippen molar-refractivity contribution in [3.8, 4) is 0 Å². The molecule has 0 aliphatic rings. The lowest BCUT2D eigenvalue weighted by Crippen LogP contribution is -2.10. The summed E-state index contributed by atoms with van der Waals surface area (Å²) in [5.74, 6) is 2.17. The standard InChI is InChI=1S/C8H17BrS/c1-4-8(7(2)9)5-6-10-3/h7-8H,4-6H2,1-3H3. The van der Waals surface area contributed by atoms with E-state index in [4.69, 9.17) is 0 Å². The van der Waals surface area contributed by atoms with E-state index < -0.39 is 0 Å². The SMILES string of the molecule is CCC(CCSC)C(C)Br. The zero-order valence-electron chi connectivity index (χ0n) is 7.06. The predicted octanol–water partition coefficient (Wildman–Crippen LogP) is 3.55. The highest BCUT2D eigenvalue weighted by molar-refractivity contribution is 9.09. The molecule has 62 valence electrons. The monoisotopic (exact) mass is 224 g/mol. The highest BCUT2D eigenvalue weighted by Gasteiger charge is 2.10. The Bertz CT molecular complexity index is 73.7. The summed E-state index contributed by atoms with van der Waals surface area (Å²) in [6.07, 6.45) is 4.82. The smallest absolute Gasteiger partial charge is 0.0146 e. The van der Waals surface area contributed by atoms with E-state index in [1.54, 1.807) is 0 Å². The van der Waals surface area contributed by atoms with Crippen LogP contribution in [0.3, 0.4) is 0 Å². The molecule has 0 bridgehead atoms. The summed E-state index contributed by atoms with van der Waals surface area (Å²) in [5.41, 5.74) is 0. The largest absolute Gasteiger partial charge is 0.165 e. The fourth-order valence-corrected chi connectivity index (χ4v) is 2.20. The van der Waals surface area contributed by atoms with Crippen molar-refractivity contribution in [2.45, 2.75) is 31.5 Å². The van der Waals surface area contributed by atoms with E-state index in [2.05, 4.69) is 36.0 Å². The molecule has 0 heterocycles. The summed E-state index contributed by atoms with van der Waals surface area (Å²) in [5, 5.41) is 0. The van der Waals surface area contributed by atoms with Gasteiger partial charge >= 0.3 is 0 Å². The zero-order chi connectivity index (χ0) is 7.98. The first kappa shape index (κ1) is 10.8. The van der Waals surface area contributed by atoms with Crippen molar-refractivity contribution in [2.24, 2.45) is 5.92 Å². The predicted molar refractivity (Wildman–Crippen MR) is 55.2 cm³/mol. The van der Waals surface area contributed by atoms with Crippen LogP contribution in [0.1, 0.15) is 26.7 Å². The molecule has 0 aromatic carbocycles. The Morgan fingerprint density at radius 3 is 2.40 bits per heavy atom. The summed E-state index contributed by atoms with van der Waals surface area (Å²) in [6, 6.07) is 0. The molecule has 0 aliphatic heterocycles. The first-order valence-electron chi connectivity index (χ1n) is 3.85. The van der Waals surface area contributed by atoms with Gasteiger partial charge in [-0.1, -0.05) is 36.2 Å². The number of hydrogen-bond acceptors (Lipinski definition) is 1.